The van der Waals surface area contributed by atoms with Gasteiger partial charge in [0.25, 0.3) is 0 Å². The molecule has 0 spiro atoms. The molecule has 0 amide bonds. The van der Waals surface area contributed by atoms with Gasteiger partial charge in [-0.2, -0.15) is 0 Å². The van der Waals surface area contributed by atoms with E-state index in [0.717, 1.165) is 56.6 Å². The van der Waals surface area contributed by atoms with Gasteiger partial charge in [0.15, 0.2) is 0 Å². The first-order chi connectivity index (χ1) is 27.9. The number of para-hydroxylation sites is 3. The van der Waals surface area contributed by atoms with Crippen molar-refractivity contribution in [2.45, 2.75) is 19.6 Å². The molecule has 0 fully saturated rings. The molecular weight excluding hydrogens is 709 g/mol. The average Bonchev–Trinajstić information content (AvgIpc) is 3.25. The lowest BCUT2D eigenvalue weighted by molar-refractivity contribution is 0.487. The molecule has 57 heavy (non-hydrogen) atoms. The van der Waals surface area contributed by atoms with Gasteiger partial charge in [0.1, 0.15) is 11.5 Å². The number of hydrogen-bond donors (Lipinski definition) is 0. The normalized spacial score (nSPS) is 11.9. The summed E-state index contributed by atoms with van der Waals surface area (Å²) in [5.41, 5.74) is 11.3. The minimum Gasteiger partial charge on any atom is -0.456 e. The highest BCUT2D eigenvalue weighted by Gasteiger charge is 2.24. The van der Waals surface area contributed by atoms with Crippen LogP contribution in [-0.2, 0) is 0 Å². The zero-order valence-corrected chi connectivity index (χ0v) is 33.4. The van der Waals surface area contributed by atoms with Crippen molar-refractivity contribution in [1.29, 1.82) is 0 Å². The molecule has 10 rings (SSSR count). The molecule has 1 aliphatic heterocycles. The SMILES string of the molecule is C[Si](C)(C)c1ccc(N(c2ccccc2)c2ccc3c(c2)Oc2cccc4c2c-3cc2ccc(-c3ccc(N(c5ccccc5)c5ccccc5)cc3)cc24)cc1. The van der Waals surface area contributed by atoms with Gasteiger partial charge in [0, 0.05) is 51.1 Å². The van der Waals surface area contributed by atoms with Crippen molar-refractivity contribution in [1.82, 2.24) is 0 Å². The van der Waals surface area contributed by atoms with Gasteiger partial charge in [-0.15, -0.1) is 0 Å². The molecule has 1 heterocycles. The van der Waals surface area contributed by atoms with Crippen LogP contribution in [0, 0.1) is 0 Å². The zero-order valence-electron chi connectivity index (χ0n) is 32.4. The van der Waals surface area contributed by atoms with E-state index in [1.165, 1.54) is 38.0 Å². The van der Waals surface area contributed by atoms with E-state index < -0.39 is 8.07 Å². The van der Waals surface area contributed by atoms with E-state index in [-0.39, 0.29) is 0 Å². The molecule has 0 saturated heterocycles. The molecular formula is C53H42N2OSi. The maximum absolute atomic E-state index is 6.82. The summed E-state index contributed by atoms with van der Waals surface area (Å²) >= 11 is 0. The second-order valence-electron chi connectivity index (χ2n) is 15.8. The van der Waals surface area contributed by atoms with Crippen molar-refractivity contribution >= 4 is 68.9 Å². The van der Waals surface area contributed by atoms with Crippen LogP contribution in [0.15, 0.2) is 200 Å². The molecule has 0 N–H and O–H groups in total. The predicted octanol–water partition coefficient (Wildman–Crippen LogP) is 14.9. The van der Waals surface area contributed by atoms with Gasteiger partial charge in [-0.05, 0) is 124 Å². The maximum atomic E-state index is 6.82. The Morgan fingerprint density at radius 2 is 0.895 bits per heavy atom. The monoisotopic (exact) mass is 750 g/mol. The lowest BCUT2D eigenvalue weighted by Crippen LogP contribution is -2.37. The highest BCUT2D eigenvalue weighted by molar-refractivity contribution is 6.88. The van der Waals surface area contributed by atoms with Gasteiger partial charge in [-0.1, -0.05) is 128 Å². The standard InChI is InChI=1S/C53H42N2OSi/c1-57(2,3)46-31-28-44(29-32-46)55(42-18-11-6-12-19-42)45-30-33-47-50-35-39-23-22-38(34-49(39)48-20-13-21-51(53(48)50)56-52(47)36-45)37-24-26-43(27-25-37)54(40-14-7-4-8-15-40)41-16-9-5-10-17-41/h4-36H,1-3H3. The first kappa shape index (κ1) is 34.6. The van der Waals surface area contributed by atoms with Gasteiger partial charge in [0.05, 0.1) is 8.07 Å². The Balaban J connectivity index is 1.02. The van der Waals surface area contributed by atoms with Gasteiger partial charge in [-0.3, -0.25) is 0 Å². The largest absolute Gasteiger partial charge is 0.456 e. The van der Waals surface area contributed by atoms with Crippen LogP contribution in [0.2, 0.25) is 19.6 Å². The van der Waals surface area contributed by atoms with Crippen LogP contribution in [0.3, 0.4) is 0 Å². The topological polar surface area (TPSA) is 15.7 Å². The number of benzene rings is 9. The lowest BCUT2D eigenvalue weighted by atomic mass is 9.89. The van der Waals surface area contributed by atoms with Crippen molar-refractivity contribution in [3.63, 3.8) is 0 Å². The van der Waals surface area contributed by atoms with Crippen LogP contribution in [0.4, 0.5) is 34.1 Å². The minimum absolute atomic E-state index is 0.864. The molecule has 9 aromatic rings. The van der Waals surface area contributed by atoms with E-state index in [1.807, 2.05) is 0 Å². The fourth-order valence-corrected chi connectivity index (χ4v) is 9.43. The summed E-state index contributed by atoms with van der Waals surface area (Å²) in [7, 11) is -1.43. The highest BCUT2D eigenvalue weighted by Crippen LogP contribution is 2.51. The van der Waals surface area contributed by atoms with Gasteiger partial charge in [-0.25, -0.2) is 0 Å². The molecule has 0 aromatic heterocycles. The average molecular weight is 751 g/mol. The Morgan fingerprint density at radius 3 is 1.49 bits per heavy atom. The van der Waals surface area contributed by atoms with E-state index in [9.17, 15) is 0 Å². The van der Waals surface area contributed by atoms with E-state index in [4.69, 9.17) is 4.74 Å². The van der Waals surface area contributed by atoms with E-state index in [1.54, 1.807) is 0 Å². The van der Waals surface area contributed by atoms with Crippen LogP contribution in [0.5, 0.6) is 11.5 Å². The van der Waals surface area contributed by atoms with Crippen LogP contribution in [-0.4, -0.2) is 8.07 Å². The second kappa shape index (κ2) is 14.0. The number of rotatable bonds is 8. The third-order valence-electron chi connectivity index (χ3n) is 11.2. The van der Waals surface area contributed by atoms with Crippen molar-refractivity contribution < 1.29 is 4.74 Å². The lowest BCUT2D eigenvalue weighted by Gasteiger charge is -2.29. The molecule has 1 aliphatic rings. The maximum Gasteiger partial charge on any atom is 0.137 e. The van der Waals surface area contributed by atoms with Gasteiger partial charge >= 0.3 is 0 Å². The first-order valence-corrected chi connectivity index (χ1v) is 23.2. The van der Waals surface area contributed by atoms with Crippen LogP contribution < -0.4 is 19.7 Å². The van der Waals surface area contributed by atoms with Gasteiger partial charge < -0.3 is 14.5 Å². The molecule has 0 unspecified atom stereocenters. The smallest absolute Gasteiger partial charge is 0.137 e. The van der Waals surface area contributed by atoms with Gasteiger partial charge in [0.2, 0.25) is 0 Å². The van der Waals surface area contributed by atoms with Crippen molar-refractivity contribution in [3.8, 4) is 33.8 Å². The number of fused-ring (bicyclic) bond motifs is 4. The third kappa shape index (κ3) is 6.34. The summed E-state index contributed by atoms with van der Waals surface area (Å²) in [4.78, 5) is 4.62. The molecule has 0 saturated carbocycles. The summed E-state index contributed by atoms with van der Waals surface area (Å²) in [6.45, 7) is 7.18. The minimum atomic E-state index is -1.43. The highest BCUT2D eigenvalue weighted by atomic mass is 28.3. The van der Waals surface area contributed by atoms with E-state index in [0.29, 0.717) is 0 Å². The number of nitrogens with zero attached hydrogens (tertiary/aromatic N) is 2. The Bertz CT molecular complexity index is 2850. The van der Waals surface area contributed by atoms with E-state index >= 15 is 0 Å². The molecule has 3 nitrogen and oxygen atoms in total. The van der Waals surface area contributed by atoms with Crippen molar-refractivity contribution in [2.24, 2.45) is 0 Å². The second-order valence-corrected chi connectivity index (χ2v) is 20.9. The Labute approximate surface area is 335 Å². The molecule has 0 bridgehead atoms. The Morgan fingerprint density at radius 1 is 0.368 bits per heavy atom. The summed E-state index contributed by atoms with van der Waals surface area (Å²) in [5, 5.41) is 6.22. The number of hydrogen-bond acceptors (Lipinski definition) is 3. The summed E-state index contributed by atoms with van der Waals surface area (Å²) in [6, 6.07) is 72.0. The van der Waals surface area contributed by atoms with Crippen LogP contribution >= 0.6 is 0 Å². The third-order valence-corrected chi connectivity index (χ3v) is 13.2. The molecule has 0 aliphatic carbocycles. The fourth-order valence-electron chi connectivity index (χ4n) is 8.27. The predicted molar refractivity (Wildman–Crippen MR) is 245 cm³/mol. The van der Waals surface area contributed by atoms with Crippen molar-refractivity contribution in [2.75, 3.05) is 9.80 Å². The Kier molecular flexibility index (Phi) is 8.50. The fraction of sp³-hybridized carbons (Fsp3) is 0.0566. The summed E-state index contributed by atoms with van der Waals surface area (Å²) < 4.78 is 6.82. The first-order valence-electron chi connectivity index (χ1n) is 19.7. The van der Waals surface area contributed by atoms with Crippen molar-refractivity contribution in [3.05, 3.63) is 200 Å². The quantitative estimate of drug-likeness (QED) is 0.114. The number of anilines is 6. The Hall–Kier alpha value is -6.88. The van der Waals surface area contributed by atoms with Crippen LogP contribution in [0.1, 0.15) is 0 Å². The summed E-state index contributed by atoms with van der Waals surface area (Å²) in [6.07, 6.45) is 0. The number of ether oxygens (including phenoxy) is 1. The molecule has 0 atom stereocenters. The molecule has 4 heteroatoms. The van der Waals surface area contributed by atoms with E-state index in [2.05, 4.69) is 230 Å². The van der Waals surface area contributed by atoms with Crippen LogP contribution in [0.25, 0.3) is 43.8 Å². The summed E-state index contributed by atoms with van der Waals surface area (Å²) in [5.74, 6) is 1.75. The zero-order chi connectivity index (χ0) is 38.5. The molecule has 274 valence electrons. The molecule has 0 radical (unpaired) electrons. The molecule has 9 aromatic carbocycles.